The average Bonchev–Trinajstić information content (AvgIpc) is 3.33. The number of rotatable bonds is 6. The van der Waals surface area contributed by atoms with Crippen LogP contribution in [0.5, 0.6) is 11.5 Å². The molecule has 1 amide bonds. The van der Waals surface area contributed by atoms with Gasteiger partial charge in [0.25, 0.3) is 5.56 Å². The number of hydrogen-bond donors (Lipinski definition) is 1. The van der Waals surface area contributed by atoms with E-state index in [4.69, 9.17) is 14.2 Å². The molecule has 2 aromatic carbocycles. The number of hydrogen-bond acceptors (Lipinski definition) is 7. The fourth-order valence-corrected chi connectivity index (χ4v) is 4.67. The van der Waals surface area contributed by atoms with Gasteiger partial charge in [-0.2, -0.15) is 0 Å². The van der Waals surface area contributed by atoms with Gasteiger partial charge in [0.1, 0.15) is 13.2 Å². The molecule has 0 radical (unpaired) electrons. The van der Waals surface area contributed by atoms with Crippen molar-refractivity contribution in [2.24, 2.45) is 0 Å². The quantitative estimate of drug-likeness (QED) is 0.453. The third kappa shape index (κ3) is 4.44. The number of para-hydroxylation sites is 1. The minimum Gasteiger partial charge on any atom is -0.486 e. The van der Waals surface area contributed by atoms with Crippen molar-refractivity contribution in [3.05, 3.63) is 52.8 Å². The standard InChI is InChI=1S/C23H23N3O5S/c27-21(24-15-7-8-19-20(12-15)31-11-10-30-19)14-32-23-25-18-6-2-1-5-17(18)22(28)26(23)13-16-4-3-9-29-16/h1-2,5-8,12,16H,3-4,9-11,13-14H2,(H,24,27). The Labute approximate surface area is 188 Å². The monoisotopic (exact) mass is 453 g/mol. The highest BCUT2D eigenvalue weighted by molar-refractivity contribution is 7.99. The van der Waals surface area contributed by atoms with E-state index in [9.17, 15) is 9.59 Å². The number of aromatic nitrogens is 2. The van der Waals surface area contributed by atoms with Crippen LogP contribution in [0.15, 0.2) is 52.4 Å². The van der Waals surface area contributed by atoms with Crippen LogP contribution >= 0.6 is 11.8 Å². The van der Waals surface area contributed by atoms with Gasteiger partial charge in [0.15, 0.2) is 16.7 Å². The molecule has 5 rings (SSSR count). The van der Waals surface area contributed by atoms with E-state index in [0.717, 1.165) is 12.8 Å². The maximum Gasteiger partial charge on any atom is 0.262 e. The number of anilines is 1. The smallest absolute Gasteiger partial charge is 0.262 e. The molecule has 8 nitrogen and oxygen atoms in total. The van der Waals surface area contributed by atoms with Crippen LogP contribution in [-0.2, 0) is 16.1 Å². The van der Waals surface area contributed by atoms with Gasteiger partial charge in [-0.3, -0.25) is 14.2 Å². The normalized spacial score (nSPS) is 17.4. The maximum atomic E-state index is 13.1. The largest absolute Gasteiger partial charge is 0.486 e. The Hall–Kier alpha value is -3.04. The van der Waals surface area contributed by atoms with Gasteiger partial charge >= 0.3 is 0 Å². The van der Waals surface area contributed by atoms with Crippen LogP contribution in [0.2, 0.25) is 0 Å². The maximum absolute atomic E-state index is 13.1. The second-order valence-corrected chi connectivity index (χ2v) is 8.60. The van der Waals surface area contributed by atoms with Crippen molar-refractivity contribution in [2.45, 2.75) is 30.6 Å². The molecule has 1 aromatic heterocycles. The molecule has 1 saturated heterocycles. The topological polar surface area (TPSA) is 91.7 Å². The third-order valence-electron chi connectivity index (χ3n) is 5.40. The second kappa shape index (κ2) is 9.22. The number of carbonyl (C=O) groups is 1. The molecule has 3 heterocycles. The van der Waals surface area contributed by atoms with Crippen LogP contribution in [0.3, 0.4) is 0 Å². The molecule has 1 atom stereocenters. The molecule has 0 saturated carbocycles. The summed E-state index contributed by atoms with van der Waals surface area (Å²) < 4.78 is 18.4. The number of fused-ring (bicyclic) bond motifs is 2. The number of nitrogens with zero attached hydrogens (tertiary/aromatic N) is 2. The molecule has 1 unspecified atom stereocenters. The van der Waals surface area contributed by atoms with Crippen molar-refractivity contribution in [3.63, 3.8) is 0 Å². The van der Waals surface area contributed by atoms with Gasteiger partial charge in [-0.05, 0) is 37.1 Å². The molecule has 0 aliphatic carbocycles. The number of nitrogens with one attached hydrogen (secondary N) is 1. The molecule has 0 bridgehead atoms. The SMILES string of the molecule is O=C(CSc1nc2ccccc2c(=O)n1CC1CCCO1)Nc1ccc2c(c1)OCCO2. The Balaban J connectivity index is 1.33. The first-order valence-corrected chi connectivity index (χ1v) is 11.6. The molecule has 3 aromatic rings. The molecular formula is C23H23N3O5S. The minimum atomic E-state index is -0.197. The molecule has 2 aliphatic heterocycles. The Morgan fingerprint density at radius 1 is 1.12 bits per heavy atom. The summed E-state index contributed by atoms with van der Waals surface area (Å²) in [4.78, 5) is 30.4. The highest BCUT2D eigenvalue weighted by Crippen LogP contribution is 2.32. The number of thioether (sulfide) groups is 1. The summed E-state index contributed by atoms with van der Waals surface area (Å²) in [7, 11) is 0. The van der Waals surface area contributed by atoms with E-state index in [0.29, 0.717) is 59.6 Å². The van der Waals surface area contributed by atoms with Crippen LogP contribution in [0.25, 0.3) is 10.9 Å². The Bertz CT molecular complexity index is 1210. The fourth-order valence-electron chi connectivity index (χ4n) is 3.86. The Morgan fingerprint density at radius 3 is 2.81 bits per heavy atom. The summed E-state index contributed by atoms with van der Waals surface area (Å²) in [5.74, 6) is 1.20. The van der Waals surface area contributed by atoms with Gasteiger partial charge in [0.05, 0.1) is 29.3 Å². The lowest BCUT2D eigenvalue weighted by atomic mass is 10.2. The zero-order chi connectivity index (χ0) is 21.9. The highest BCUT2D eigenvalue weighted by atomic mass is 32.2. The summed E-state index contributed by atoms with van der Waals surface area (Å²) in [6.45, 7) is 2.14. The number of benzene rings is 2. The lowest BCUT2D eigenvalue weighted by Crippen LogP contribution is -2.29. The van der Waals surface area contributed by atoms with Crippen molar-refractivity contribution in [1.82, 2.24) is 9.55 Å². The summed E-state index contributed by atoms with van der Waals surface area (Å²) in [6.07, 6.45) is 1.89. The second-order valence-electron chi connectivity index (χ2n) is 7.66. The van der Waals surface area contributed by atoms with E-state index in [1.54, 1.807) is 28.8 Å². The van der Waals surface area contributed by atoms with Gasteiger partial charge in [0, 0.05) is 18.4 Å². The number of amides is 1. The van der Waals surface area contributed by atoms with Gasteiger partial charge in [0.2, 0.25) is 5.91 Å². The molecule has 2 aliphatic rings. The minimum absolute atomic E-state index is 0.0125. The average molecular weight is 454 g/mol. The zero-order valence-electron chi connectivity index (χ0n) is 17.4. The molecule has 1 fully saturated rings. The van der Waals surface area contributed by atoms with Gasteiger partial charge in [-0.25, -0.2) is 4.98 Å². The van der Waals surface area contributed by atoms with E-state index in [1.807, 2.05) is 18.2 Å². The number of carbonyl (C=O) groups excluding carboxylic acids is 1. The Morgan fingerprint density at radius 2 is 1.97 bits per heavy atom. The van der Waals surface area contributed by atoms with E-state index >= 15 is 0 Å². The van der Waals surface area contributed by atoms with Gasteiger partial charge in [-0.1, -0.05) is 23.9 Å². The summed E-state index contributed by atoms with van der Waals surface area (Å²) in [5.41, 5.74) is 1.14. The van der Waals surface area contributed by atoms with E-state index in [1.165, 1.54) is 11.8 Å². The van der Waals surface area contributed by atoms with Crippen LogP contribution in [0.1, 0.15) is 12.8 Å². The lowest BCUT2D eigenvalue weighted by Gasteiger charge is -2.19. The van der Waals surface area contributed by atoms with Crippen LogP contribution in [0.4, 0.5) is 5.69 Å². The van der Waals surface area contributed by atoms with Crippen molar-refractivity contribution in [3.8, 4) is 11.5 Å². The molecule has 166 valence electrons. The zero-order valence-corrected chi connectivity index (χ0v) is 18.2. The molecule has 0 spiro atoms. The summed E-state index contributed by atoms with van der Waals surface area (Å²) >= 11 is 1.24. The van der Waals surface area contributed by atoms with Crippen LogP contribution < -0.4 is 20.3 Å². The van der Waals surface area contributed by atoms with Crippen LogP contribution in [0, 0.1) is 0 Å². The summed E-state index contributed by atoms with van der Waals surface area (Å²) in [5, 5.41) is 3.95. The van der Waals surface area contributed by atoms with Gasteiger partial charge < -0.3 is 19.5 Å². The first-order valence-electron chi connectivity index (χ1n) is 10.6. The van der Waals surface area contributed by atoms with E-state index < -0.39 is 0 Å². The van der Waals surface area contributed by atoms with Crippen molar-refractivity contribution in [1.29, 1.82) is 0 Å². The predicted molar refractivity (Wildman–Crippen MR) is 122 cm³/mol. The van der Waals surface area contributed by atoms with E-state index in [2.05, 4.69) is 10.3 Å². The van der Waals surface area contributed by atoms with Crippen molar-refractivity contribution < 1.29 is 19.0 Å². The predicted octanol–water partition coefficient (Wildman–Crippen LogP) is 3.08. The molecule has 1 N–H and O–H groups in total. The number of ether oxygens (including phenoxy) is 3. The first-order chi connectivity index (χ1) is 15.7. The first kappa shape index (κ1) is 20.8. The van der Waals surface area contributed by atoms with Crippen molar-refractivity contribution >= 4 is 34.3 Å². The summed E-state index contributed by atoms with van der Waals surface area (Å²) in [6, 6.07) is 12.6. The molecule has 32 heavy (non-hydrogen) atoms. The molecular weight excluding hydrogens is 430 g/mol. The highest BCUT2D eigenvalue weighted by Gasteiger charge is 2.21. The molecule has 9 heteroatoms. The van der Waals surface area contributed by atoms with Gasteiger partial charge in [-0.15, -0.1) is 0 Å². The third-order valence-corrected chi connectivity index (χ3v) is 6.37. The lowest BCUT2D eigenvalue weighted by molar-refractivity contribution is -0.113. The van der Waals surface area contributed by atoms with Crippen molar-refractivity contribution in [2.75, 3.05) is 30.9 Å². The fraction of sp³-hybridized carbons (Fsp3) is 0.348. The Kier molecular flexibility index (Phi) is 6.00. The van der Waals surface area contributed by atoms with Crippen LogP contribution in [-0.4, -0.2) is 47.1 Å². The van der Waals surface area contributed by atoms with E-state index in [-0.39, 0.29) is 23.3 Å².